The molecule has 0 radical (unpaired) electrons. The normalized spacial score (nSPS) is 19.0. The van der Waals surface area contributed by atoms with Crippen LogP contribution in [0.3, 0.4) is 0 Å². The average molecular weight is 443 g/mol. The van der Waals surface area contributed by atoms with Crippen LogP contribution in [-0.4, -0.2) is 47.7 Å². The zero-order valence-corrected chi connectivity index (χ0v) is 19.5. The van der Waals surface area contributed by atoms with E-state index in [0.717, 1.165) is 40.1 Å². The predicted octanol–water partition coefficient (Wildman–Crippen LogP) is 3.89. The molecular formula is C25H30N8. The van der Waals surface area contributed by atoms with Gasteiger partial charge in [0.2, 0.25) is 0 Å². The lowest BCUT2D eigenvalue weighted by atomic mass is 10.1. The minimum absolute atomic E-state index is 0.231. The number of aromatic nitrogens is 6. The molecule has 0 aliphatic carbocycles. The number of benzene rings is 1. The van der Waals surface area contributed by atoms with Gasteiger partial charge in [0.1, 0.15) is 5.82 Å². The van der Waals surface area contributed by atoms with Crippen molar-refractivity contribution in [3.05, 3.63) is 55.2 Å². The third-order valence-electron chi connectivity index (χ3n) is 6.34. The van der Waals surface area contributed by atoms with Gasteiger partial charge in [0.05, 0.1) is 12.4 Å². The summed E-state index contributed by atoms with van der Waals surface area (Å²) in [6, 6.07) is 9.47. The number of aryl methyl sites for hydroxylation is 2. The Kier molecular flexibility index (Phi) is 5.68. The highest BCUT2D eigenvalue weighted by atomic mass is 15.2. The molecule has 3 atom stereocenters. The van der Waals surface area contributed by atoms with E-state index >= 15 is 0 Å². The number of hydrogen-bond acceptors (Lipinski definition) is 6. The molecule has 0 amide bonds. The van der Waals surface area contributed by atoms with E-state index in [1.165, 1.54) is 6.42 Å². The van der Waals surface area contributed by atoms with E-state index in [9.17, 15) is 0 Å². The Morgan fingerprint density at radius 2 is 1.70 bits per heavy atom. The van der Waals surface area contributed by atoms with Crippen LogP contribution < -0.4 is 10.6 Å². The van der Waals surface area contributed by atoms with Crippen LogP contribution in [0.25, 0.3) is 33.6 Å². The van der Waals surface area contributed by atoms with Crippen LogP contribution in [0.5, 0.6) is 0 Å². The first kappa shape index (κ1) is 21.3. The third-order valence-corrected chi connectivity index (χ3v) is 6.34. The molecule has 33 heavy (non-hydrogen) atoms. The molecule has 8 nitrogen and oxygen atoms in total. The summed E-state index contributed by atoms with van der Waals surface area (Å²) < 4.78 is 3.61. The summed E-state index contributed by atoms with van der Waals surface area (Å²) in [6.45, 7) is 4.46. The summed E-state index contributed by atoms with van der Waals surface area (Å²) in [5.74, 6) is 1.52. The van der Waals surface area contributed by atoms with E-state index in [1.807, 2.05) is 61.9 Å². The second-order valence-corrected chi connectivity index (χ2v) is 9.03. The SMILES string of the molecule is CC1CCC(C(C)Nc2nc(-c3cccc(-c4cnn(C)c4)c3)ncc2-c2cnn(C)c2)N1. The topological polar surface area (TPSA) is 85.5 Å². The number of rotatable bonds is 6. The molecule has 3 aromatic heterocycles. The second kappa shape index (κ2) is 8.78. The van der Waals surface area contributed by atoms with Crippen LogP contribution in [0.1, 0.15) is 26.7 Å². The van der Waals surface area contributed by atoms with Crippen LogP contribution in [0.15, 0.2) is 55.2 Å². The number of anilines is 1. The highest BCUT2D eigenvalue weighted by Gasteiger charge is 2.26. The van der Waals surface area contributed by atoms with Crippen molar-refractivity contribution < 1.29 is 0 Å². The third kappa shape index (κ3) is 4.52. The first-order valence-corrected chi connectivity index (χ1v) is 11.4. The Morgan fingerprint density at radius 3 is 2.36 bits per heavy atom. The van der Waals surface area contributed by atoms with Crippen LogP contribution in [0, 0.1) is 0 Å². The molecule has 3 unspecified atom stereocenters. The van der Waals surface area contributed by atoms with Crippen molar-refractivity contribution in [1.82, 2.24) is 34.8 Å². The minimum atomic E-state index is 0.231. The minimum Gasteiger partial charge on any atom is -0.365 e. The summed E-state index contributed by atoms with van der Waals surface area (Å²) in [5.41, 5.74) is 5.08. The van der Waals surface area contributed by atoms with Gasteiger partial charge >= 0.3 is 0 Å². The summed E-state index contributed by atoms with van der Waals surface area (Å²) >= 11 is 0. The molecule has 4 heterocycles. The van der Waals surface area contributed by atoms with E-state index in [0.29, 0.717) is 17.9 Å². The van der Waals surface area contributed by atoms with Gasteiger partial charge in [-0.2, -0.15) is 10.2 Å². The Balaban J connectivity index is 1.51. The Hall–Kier alpha value is -3.52. The summed E-state index contributed by atoms with van der Waals surface area (Å²) in [6.07, 6.45) is 12.0. The summed E-state index contributed by atoms with van der Waals surface area (Å²) in [7, 11) is 3.84. The highest BCUT2D eigenvalue weighted by molar-refractivity contribution is 5.76. The van der Waals surface area contributed by atoms with Crippen molar-refractivity contribution in [1.29, 1.82) is 0 Å². The van der Waals surface area contributed by atoms with Crippen molar-refractivity contribution in [2.75, 3.05) is 5.32 Å². The van der Waals surface area contributed by atoms with Crippen molar-refractivity contribution in [2.24, 2.45) is 14.1 Å². The molecule has 2 N–H and O–H groups in total. The molecule has 1 aliphatic heterocycles. The van der Waals surface area contributed by atoms with Gasteiger partial charge in [-0.25, -0.2) is 9.97 Å². The molecular weight excluding hydrogens is 412 g/mol. The zero-order chi connectivity index (χ0) is 22.9. The zero-order valence-electron chi connectivity index (χ0n) is 19.5. The standard InChI is InChI=1S/C25H30N8/c1-16-8-9-23(29-16)17(2)30-25-22(21-12-28-33(4)15-21)13-26-24(31-25)19-7-5-6-18(10-19)20-11-27-32(3)14-20/h5-7,10-17,23,29H,8-9H2,1-4H3,(H,26,30,31). The smallest absolute Gasteiger partial charge is 0.161 e. The first-order valence-electron chi connectivity index (χ1n) is 11.4. The monoisotopic (exact) mass is 442 g/mol. The van der Waals surface area contributed by atoms with E-state index in [2.05, 4.69) is 46.8 Å². The van der Waals surface area contributed by atoms with Crippen molar-refractivity contribution in [3.63, 3.8) is 0 Å². The molecule has 0 spiro atoms. The Morgan fingerprint density at radius 1 is 0.970 bits per heavy atom. The number of nitrogens with zero attached hydrogens (tertiary/aromatic N) is 6. The van der Waals surface area contributed by atoms with Crippen LogP contribution in [0.2, 0.25) is 0 Å². The van der Waals surface area contributed by atoms with E-state index in [1.54, 1.807) is 4.68 Å². The van der Waals surface area contributed by atoms with Gasteiger partial charge in [-0.05, 0) is 38.3 Å². The van der Waals surface area contributed by atoms with Crippen LogP contribution >= 0.6 is 0 Å². The first-order chi connectivity index (χ1) is 16.0. The fourth-order valence-electron chi connectivity index (χ4n) is 4.48. The summed E-state index contributed by atoms with van der Waals surface area (Å²) in [4.78, 5) is 9.72. The molecule has 1 aliphatic rings. The van der Waals surface area contributed by atoms with Gasteiger partial charge in [0, 0.05) is 73.1 Å². The molecule has 4 aromatic rings. The van der Waals surface area contributed by atoms with E-state index in [-0.39, 0.29) is 6.04 Å². The lowest BCUT2D eigenvalue weighted by Crippen LogP contribution is -2.40. The van der Waals surface area contributed by atoms with Gasteiger partial charge in [0.15, 0.2) is 5.82 Å². The molecule has 0 saturated carbocycles. The average Bonchev–Trinajstić information content (AvgIpc) is 3.55. The van der Waals surface area contributed by atoms with E-state index in [4.69, 9.17) is 9.97 Å². The van der Waals surface area contributed by atoms with Gasteiger partial charge in [0.25, 0.3) is 0 Å². The Labute approximate surface area is 194 Å². The lowest BCUT2D eigenvalue weighted by molar-refractivity contribution is 0.509. The second-order valence-electron chi connectivity index (χ2n) is 9.03. The largest absolute Gasteiger partial charge is 0.365 e. The van der Waals surface area contributed by atoms with Gasteiger partial charge in [-0.3, -0.25) is 9.36 Å². The quantitative estimate of drug-likeness (QED) is 0.471. The molecule has 1 saturated heterocycles. The van der Waals surface area contributed by atoms with Gasteiger partial charge in [-0.15, -0.1) is 0 Å². The Bertz CT molecular complexity index is 1260. The summed E-state index contributed by atoms with van der Waals surface area (Å²) in [5, 5.41) is 16.0. The molecule has 0 bridgehead atoms. The molecule has 1 aromatic carbocycles. The molecule has 170 valence electrons. The lowest BCUT2D eigenvalue weighted by Gasteiger charge is -2.23. The van der Waals surface area contributed by atoms with Crippen molar-refractivity contribution in [2.45, 2.75) is 44.8 Å². The van der Waals surface area contributed by atoms with Gasteiger partial charge < -0.3 is 10.6 Å². The van der Waals surface area contributed by atoms with Gasteiger partial charge in [-0.1, -0.05) is 18.2 Å². The fourth-order valence-corrected chi connectivity index (χ4v) is 4.48. The maximum Gasteiger partial charge on any atom is 0.161 e. The maximum atomic E-state index is 4.99. The highest BCUT2D eigenvalue weighted by Crippen LogP contribution is 2.30. The van der Waals surface area contributed by atoms with Crippen LogP contribution in [-0.2, 0) is 14.1 Å². The van der Waals surface area contributed by atoms with Crippen molar-refractivity contribution in [3.8, 4) is 33.6 Å². The molecule has 1 fully saturated rings. The molecule has 5 rings (SSSR count). The number of hydrogen-bond donors (Lipinski definition) is 2. The van der Waals surface area contributed by atoms with E-state index < -0.39 is 0 Å². The maximum absolute atomic E-state index is 4.99. The predicted molar refractivity (Wildman–Crippen MR) is 131 cm³/mol. The fraction of sp³-hybridized carbons (Fsp3) is 0.360. The van der Waals surface area contributed by atoms with Crippen molar-refractivity contribution >= 4 is 5.82 Å². The van der Waals surface area contributed by atoms with Crippen LogP contribution in [0.4, 0.5) is 5.82 Å². The number of nitrogens with one attached hydrogen (secondary N) is 2. The molecule has 8 heteroatoms.